The first-order valence-corrected chi connectivity index (χ1v) is 42.4. The van der Waals surface area contributed by atoms with Gasteiger partial charge in [0, 0.05) is 27.7 Å². The largest absolute Gasteiger partial charge is 0.394 e. The normalized spacial score (nSPS) is 50.4. The molecule has 11 rings (SSSR count). The van der Waals surface area contributed by atoms with Gasteiger partial charge in [-0.25, -0.2) is 0 Å². The zero-order chi connectivity index (χ0) is 97.1. The summed E-state index contributed by atoms with van der Waals surface area (Å²) in [5, 5.41) is 335. The Hall–Kier alpha value is -4.12. The third-order valence-electron chi connectivity index (χ3n) is 24.5. The molecule has 11 fully saturated rings. The zero-order valence-electron chi connectivity index (χ0n) is 71.3. The molecule has 0 aromatic rings. The van der Waals surface area contributed by atoms with Gasteiger partial charge in [-0.1, -0.05) is 0 Å². The van der Waals surface area contributed by atoms with Crippen LogP contribution < -0.4 is 21.3 Å². The van der Waals surface area contributed by atoms with E-state index in [1.807, 2.05) is 0 Å². The quantitative estimate of drug-likeness (QED) is 0.0290. The molecule has 0 aromatic heterocycles. The SMILES string of the molecule is CC(=O)N[C@@H]1[C@@H](O)[C@H](O[C@@H]2O[C@H](CO)[C@@H](O[C@@H]3O[C@H](CO[C@H]4O[C@H](CO)[C@@H](O)[C@H](O)[C@@H]4O[C@@H]4O[C@H](CO)[C@@H](O[C@@H]5O[C@H](CO)[C@H](O)[C@H](O)[C@H]5O)[C@H](O)[C@H]4NC(C)=O)[C@@H](O)[C@H](O[C@H]4O[C@H](CO)[C@@H](O)[C@H](O)[C@@H]4O[C@@H]4O[C@H](CO)[C@@H](O[C@@H]5O[C@H](CO)[C@H](O)[C@H](O)[C@H]5O)[C@H](O[C@@H]5O[C@@H](C)[C@@H](O)[C@@H](O)[C@@H]5O)[C@H]4NC(C)=O)[C@@H]3O)[C@H](O)[C@H]2NC(C)=O)[C@@H](CO[C@@H]2O[C@@H](C)[C@@H](O)[C@@H](O)[C@@H]2O)O[C@H]1O. The summed E-state index contributed by atoms with van der Waals surface area (Å²) in [4.78, 5) is 52.5. The minimum atomic E-state index is -2.69. The van der Waals surface area contributed by atoms with Crippen LogP contribution in [0.1, 0.15) is 41.5 Å². The highest BCUT2D eigenvalue weighted by atomic mass is 16.8. The highest BCUT2D eigenvalue weighted by Crippen LogP contribution is 2.42. The smallest absolute Gasteiger partial charge is 0.217 e. The van der Waals surface area contributed by atoms with Crippen LogP contribution in [0.2, 0.25) is 0 Å². The Kier molecular flexibility index (Phi) is 38.5. The van der Waals surface area contributed by atoms with Gasteiger partial charge in [-0.3, -0.25) is 19.2 Å². The van der Waals surface area contributed by atoms with Gasteiger partial charge in [-0.15, -0.1) is 0 Å². The maximum atomic E-state index is 13.6. The standard InChI is InChI=1S/C74H124N4O54/c1-16-35(90)45(100)51(106)68(114-16)112-15-30-58(42(97)31(64(111)116-30)75-18(3)86)125-65-32(76-19(4)87)43(98)57(27(12-84)121-65)127-72-55(110)61(41(96)29(124-72)14-113-73-62(49(104)39(94)24(9-81)119-73)131-66-33(77-20(5)88)44(99)56(26(11-83)122-66)126-70-53(108)47(102)37(92)22(7-79)117-70)130-74-63(50(105)40(95)25(10-82)120-74)132-67-34(78-21(6)89)60(129-69-52(107)46(101)36(91)17(2)115-69)59(28(13-85)123-67)128-71-54(109)48(103)38(93)23(8-80)118-71/h16-17,22-74,79-85,90-111H,7-15H2,1-6H3,(H,75,86)(H,76,87)(H,77,88)(H,78,89)/t16-,17-,22+,23+,24+,25+,26+,27+,28+,29+,30+,31+,32+,33+,34+,35+,36+,37-,38-,39+,40+,41+,42+,43+,44+,45+,46+,47-,48-,49-,50-,51-,52-,53+,54+,55-,56+,57+,58+,59+,60+,61-,62-,63-,64+,65-,66-,67-,68+,69-,70-,71-,72-,73-,74+/m0/s1. The average molecular weight is 1930 g/mol. The summed E-state index contributed by atoms with van der Waals surface area (Å²) in [7, 11) is 0. The van der Waals surface area contributed by atoms with Crippen LogP contribution in [0, 0.1) is 0 Å². The molecule has 11 saturated heterocycles. The number of ether oxygens (including phenoxy) is 21. The molecule has 11 aliphatic heterocycles. The molecule has 0 aromatic carbocycles. The van der Waals surface area contributed by atoms with Crippen LogP contribution in [0.4, 0.5) is 0 Å². The Bertz CT molecular complexity index is 3610. The Labute approximate surface area is 748 Å². The minimum absolute atomic E-state index is 0.861. The third-order valence-corrected chi connectivity index (χ3v) is 24.5. The fourth-order valence-corrected chi connectivity index (χ4v) is 17.2. The van der Waals surface area contributed by atoms with Crippen LogP contribution in [0.5, 0.6) is 0 Å². The van der Waals surface area contributed by atoms with Gasteiger partial charge in [0.15, 0.2) is 69.2 Å². The molecule has 0 spiro atoms. The van der Waals surface area contributed by atoms with Crippen molar-refractivity contribution < 1.29 is 267 Å². The monoisotopic (exact) mass is 1930 g/mol. The topological polar surface area (TPSA) is 897 Å². The predicted molar refractivity (Wildman–Crippen MR) is 406 cm³/mol. The molecule has 11 aliphatic rings. The lowest BCUT2D eigenvalue weighted by Gasteiger charge is -2.52. The van der Waals surface area contributed by atoms with E-state index in [1.165, 1.54) is 13.8 Å². The highest BCUT2D eigenvalue weighted by Gasteiger charge is 2.63. The molecule has 0 saturated carbocycles. The molecule has 58 nitrogen and oxygen atoms in total. The molecule has 764 valence electrons. The molecule has 0 aliphatic carbocycles. The van der Waals surface area contributed by atoms with Gasteiger partial charge in [-0.05, 0) is 13.8 Å². The van der Waals surface area contributed by atoms with Crippen molar-refractivity contribution in [1.82, 2.24) is 21.3 Å². The number of hydrogen-bond donors (Lipinski definition) is 33. The average Bonchev–Trinajstić information content (AvgIpc) is 0.769. The van der Waals surface area contributed by atoms with Gasteiger partial charge < -0.3 is 269 Å². The van der Waals surface area contributed by atoms with Gasteiger partial charge in [0.05, 0.1) is 71.7 Å². The summed E-state index contributed by atoms with van der Waals surface area (Å²) < 4.78 is 126. The number of nitrogens with one attached hydrogen (secondary N) is 4. The van der Waals surface area contributed by atoms with Gasteiger partial charge >= 0.3 is 0 Å². The molecule has 132 heavy (non-hydrogen) atoms. The zero-order valence-corrected chi connectivity index (χ0v) is 71.3. The maximum absolute atomic E-state index is 13.6. The second kappa shape index (κ2) is 47.0. The Morgan fingerprint density at radius 1 is 0.212 bits per heavy atom. The van der Waals surface area contributed by atoms with E-state index in [-0.39, 0.29) is 0 Å². The van der Waals surface area contributed by atoms with Crippen LogP contribution in [0.25, 0.3) is 0 Å². The summed E-state index contributed by atoms with van der Waals surface area (Å²) >= 11 is 0. The van der Waals surface area contributed by atoms with Crippen molar-refractivity contribution in [3.05, 3.63) is 0 Å². The van der Waals surface area contributed by atoms with Crippen molar-refractivity contribution in [2.24, 2.45) is 0 Å². The number of carbonyl (C=O) groups excluding carboxylic acids is 4. The van der Waals surface area contributed by atoms with Gasteiger partial charge in [0.1, 0.15) is 256 Å². The summed E-state index contributed by atoms with van der Waals surface area (Å²) in [6.45, 7) is -4.07. The first kappa shape index (κ1) is 108. The second-order valence-corrected chi connectivity index (χ2v) is 33.8. The van der Waals surface area contributed by atoms with Crippen molar-refractivity contribution in [3.63, 3.8) is 0 Å². The van der Waals surface area contributed by atoms with E-state index in [2.05, 4.69) is 21.3 Å². The number of aliphatic hydroxyl groups is 29. The van der Waals surface area contributed by atoms with Gasteiger partial charge in [0.2, 0.25) is 23.6 Å². The number of aliphatic hydroxyl groups excluding tert-OH is 29. The van der Waals surface area contributed by atoms with E-state index in [1.54, 1.807) is 0 Å². The van der Waals surface area contributed by atoms with E-state index in [9.17, 15) is 167 Å². The Balaban J connectivity index is 0.951. The van der Waals surface area contributed by atoms with E-state index >= 15 is 0 Å². The summed E-state index contributed by atoms with van der Waals surface area (Å²) in [5.74, 6) is -3.89. The predicted octanol–water partition coefficient (Wildman–Crippen LogP) is -22.3. The molecular weight excluding hydrogens is 1810 g/mol. The third kappa shape index (κ3) is 23.7. The number of carbonyl (C=O) groups is 4. The van der Waals surface area contributed by atoms with Crippen molar-refractivity contribution >= 4 is 23.6 Å². The highest BCUT2D eigenvalue weighted by molar-refractivity contribution is 5.74. The summed E-state index contributed by atoms with van der Waals surface area (Å²) in [6, 6.07) is -7.90. The Morgan fingerprint density at radius 2 is 0.485 bits per heavy atom. The Morgan fingerprint density at radius 3 is 0.924 bits per heavy atom. The first-order chi connectivity index (χ1) is 62.4. The molecule has 4 amide bonds. The van der Waals surface area contributed by atoms with E-state index in [4.69, 9.17) is 99.5 Å². The fourth-order valence-electron chi connectivity index (χ4n) is 17.2. The number of rotatable bonds is 33. The lowest BCUT2D eigenvalue weighted by atomic mass is 9.93. The molecule has 33 N–H and O–H groups in total. The van der Waals surface area contributed by atoms with E-state index < -0.39 is 421 Å². The maximum Gasteiger partial charge on any atom is 0.217 e. The van der Waals surface area contributed by atoms with E-state index in [0.717, 1.165) is 27.7 Å². The molecule has 55 atom stereocenters. The van der Waals surface area contributed by atoms with Gasteiger partial charge in [-0.2, -0.15) is 0 Å². The van der Waals surface area contributed by atoms with Crippen molar-refractivity contribution in [1.29, 1.82) is 0 Å². The number of amides is 4. The van der Waals surface area contributed by atoms with Crippen LogP contribution in [-0.2, 0) is 119 Å². The van der Waals surface area contributed by atoms with Crippen LogP contribution in [-0.4, -0.2) is 569 Å². The number of hydrogen-bond acceptors (Lipinski definition) is 54. The molecule has 0 unspecified atom stereocenters. The van der Waals surface area contributed by atoms with Gasteiger partial charge in [0.25, 0.3) is 0 Å². The molecule has 11 heterocycles. The molecule has 58 heteroatoms. The lowest BCUT2D eigenvalue weighted by Crippen LogP contribution is -2.71. The summed E-state index contributed by atoms with van der Waals surface area (Å²) in [5.41, 5.74) is 0. The van der Waals surface area contributed by atoms with Crippen LogP contribution >= 0.6 is 0 Å². The second-order valence-electron chi connectivity index (χ2n) is 33.8. The lowest BCUT2D eigenvalue weighted by molar-refractivity contribution is -0.403. The molecular formula is C74H124N4O54. The van der Waals surface area contributed by atoms with Crippen molar-refractivity contribution in [2.45, 2.75) is 379 Å². The van der Waals surface area contributed by atoms with Crippen molar-refractivity contribution in [2.75, 3.05) is 59.5 Å². The molecule has 0 bridgehead atoms. The minimum Gasteiger partial charge on any atom is -0.394 e. The summed E-state index contributed by atoms with van der Waals surface area (Å²) in [6.07, 6.45) is -107. The molecule has 0 radical (unpaired) electrons. The van der Waals surface area contributed by atoms with Crippen molar-refractivity contribution in [3.8, 4) is 0 Å². The van der Waals surface area contributed by atoms with Crippen LogP contribution in [0.3, 0.4) is 0 Å². The van der Waals surface area contributed by atoms with E-state index in [0.29, 0.717) is 0 Å². The fraction of sp³-hybridized carbons (Fsp3) is 0.946. The first-order valence-electron chi connectivity index (χ1n) is 42.4. The van der Waals surface area contributed by atoms with Crippen LogP contribution in [0.15, 0.2) is 0 Å².